The highest BCUT2D eigenvalue weighted by Gasteiger charge is 2.47. The number of ketones is 1. The molecule has 0 radical (unpaired) electrons. The molecule has 190 valence electrons. The number of carbonyl (C=O) groups excluding carboxylic acids is 2. The van der Waals surface area contributed by atoms with Crippen LogP contribution in [-0.2, 0) is 14.3 Å². The van der Waals surface area contributed by atoms with Crippen LogP contribution in [0.3, 0.4) is 0 Å². The summed E-state index contributed by atoms with van der Waals surface area (Å²) in [7, 11) is 0. The molecule has 0 aliphatic heterocycles. The Morgan fingerprint density at radius 1 is 0.781 bits per heavy atom. The van der Waals surface area contributed by atoms with Gasteiger partial charge in [-0.05, 0) is 12.8 Å². The summed E-state index contributed by atoms with van der Waals surface area (Å²) in [5.74, 6) is -1.33. The standard InChI is InChI=1S/C24H46O8/c1-3-5-7-9-11-13-15-20(27)24(31,18-25)23(30)22(29)19(26)17-32-21(28)16-14-12-10-8-6-4-2/h19,22-23,25-26,29-31H,3-18H2,1-2H3/t19-,22-,23+,24-/m1/s1. The quantitative estimate of drug-likeness (QED) is 0.129. The summed E-state index contributed by atoms with van der Waals surface area (Å²) in [5.41, 5.74) is -2.59. The number of Topliss-reactive ketones (excluding diaryl/α,β-unsaturated/α-hetero) is 1. The van der Waals surface area contributed by atoms with Crippen LogP contribution in [0.15, 0.2) is 0 Å². The molecule has 8 heteroatoms. The second-order valence-electron chi connectivity index (χ2n) is 8.73. The average molecular weight is 463 g/mol. The molecule has 0 saturated heterocycles. The molecular weight excluding hydrogens is 416 g/mol. The fraction of sp³-hybridized carbons (Fsp3) is 0.917. The van der Waals surface area contributed by atoms with E-state index in [-0.39, 0.29) is 12.8 Å². The van der Waals surface area contributed by atoms with E-state index in [1.165, 1.54) is 6.42 Å². The van der Waals surface area contributed by atoms with Crippen molar-refractivity contribution in [1.29, 1.82) is 0 Å². The molecule has 0 spiro atoms. The van der Waals surface area contributed by atoms with Crippen LogP contribution in [0.25, 0.3) is 0 Å². The number of hydrogen-bond donors (Lipinski definition) is 5. The summed E-state index contributed by atoms with van der Waals surface area (Å²) in [4.78, 5) is 24.2. The molecule has 0 bridgehead atoms. The molecule has 4 atom stereocenters. The summed E-state index contributed by atoms with van der Waals surface area (Å²) in [6.45, 7) is 2.55. The van der Waals surface area contributed by atoms with E-state index < -0.39 is 48.9 Å². The van der Waals surface area contributed by atoms with E-state index in [0.29, 0.717) is 12.8 Å². The number of esters is 1. The third-order valence-electron chi connectivity index (χ3n) is 5.84. The van der Waals surface area contributed by atoms with Gasteiger partial charge in [-0.3, -0.25) is 9.59 Å². The molecule has 0 rings (SSSR count). The highest BCUT2D eigenvalue weighted by atomic mass is 16.5. The van der Waals surface area contributed by atoms with Gasteiger partial charge in [0.1, 0.15) is 24.9 Å². The lowest BCUT2D eigenvalue weighted by molar-refractivity contribution is -0.186. The largest absolute Gasteiger partial charge is 0.463 e. The van der Waals surface area contributed by atoms with Crippen molar-refractivity contribution in [3.05, 3.63) is 0 Å². The molecule has 8 nitrogen and oxygen atoms in total. The van der Waals surface area contributed by atoms with E-state index in [1.54, 1.807) is 0 Å². The lowest BCUT2D eigenvalue weighted by Crippen LogP contribution is -2.60. The van der Waals surface area contributed by atoms with Gasteiger partial charge in [-0.15, -0.1) is 0 Å². The topological polar surface area (TPSA) is 145 Å². The molecule has 0 fully saturated rings. The zero-order valence-corrected chi connectivity index (χ0v) is 20.0. The minimum atomic E-state index is -2.59. The molecule has 0 amide bonds. The van der Waals surface area contributed by atoms with Crippen LogP contribution < -0.4 is 0 Å². The molecule has 5 N–H and O–H groups in total. The molecule has 0 aromatic carbocycles. The summed E-state index contributed by atoms with van der Waals surface area (Å²) in [5, 5.41) is 50.5. The number of ether oxygens (including phenoxy) is 1. The van der Waals surface area contributed by atoms with Gasteiger partial charge in [0, 0.05) is 12.8 Å². The molecule has 0 saturated carbocycles. The van der Waals surface area contributed by atoms with Crippen LogP contribution in [0.1, 0.15) is 104 Å². The molecule has 0 aliphatic rings. The van der Waals surface area contributed by atoms with Crippen molar-refractivity contribution in [2.24, 2.45) is 0 Å². The Hall–Kier alpha value is -1.06. The predicted molar refractivity (Wildman–Crippen MR) is 122 cm³/mol. The molecular formula is C24H46O8. The first-order chi connectivity index (χ1) is 15.2. The van der Waals surface area contributed by atoms with Gasteiger partial charge in [-0.25, -0.2) is 0 Å². The third-order valence-corrected chi connectivity index (χ3v) is 5.84. The van der Waals surface area contributed by atoms with Gasteiger partial charge < -0.3 is 30.3 Å². The molecule has 32 heavy (non-hydrogen) atoms. The Bertz CT molecular complexity index is 498. The molecule has 0 aliphatic carbocycles. The van der Waals surface area contributed by atoms with Gasteiger partial charge >= 0.3 is 5.97 Å². The van der Waals surface area contributed by atoms with Crippen LogP contribution in [0.5, 0.6) is 0 Å². The van der Waals surface area contributed by atoms with E-state index in [9.17, 15) is 35.1 Å². The molecule has 0 aromatic rings. The van der Waals surface area contributed by atoms with Crippen molar-refractivity contribution in [1.82, 2.24) is 0 Å². The van der Waals surface area contributed by atoms with Crippen LogP contribution in [0, 0.1) is 0 Å². The summed E-state index contributed by atoms with van der Waals surface area (Å²) < 4.78 is 4.93. The van der Waals surface area contributed by atoms with Crippen molar-refractivity contribution in [2.45, 2.75) is 128 Å². The number of aliphatic hydroxyl groups excluding tert-OH is 4. The van der Waals surface area contributed by atoms with Crippen LogP contribution in [0.4, 0.5) is 0 Å². The number of rotatable bonds is 21. The fourth-order valence-corrected chi connectivity index (χ4v) is 3.52. The Kier molecular flexibility index (Phi) is 17.8. The Morgan fingerprint density at radius 2 is 1.25 bits per heavy atom. The van der Waals surface area contributed by atoms with E-state index in [1.807, 2.05) is 0 Å². The lowest BCUT2D eigenvalue weighted by Gasteiger charge is -2.34. The minimum Gasteiger partial charge on any atom is -0.463 e. The maximum atomic E-state index is 12.4. The minimum absolute atomic E-state index is 0.0592. The maximum absolute atomic E-state index is 12.4. The van der Waals surface area contributed by atoms with Crippen molar-refractivity contribution < 1.29 is 39.9 Å². The van der Waals surface area contributed by atoms with Crippen LogP contribution in [0.2, 0.25) is 0 Å². The first-order valence-corrected chi connectivity index (χ1v) is 12.3. The zero-order chi connectivity index (χ0) is 24.4. The molecule has 0 unspecified atom stereocenters. The SMILES string of the molecule is CCCCCCCCC(=O)OC[C@@H](O)[C@@H](O)[C@H](O)[C@@](O)(CO)C(=O)CCCCCCCC. The number of hydrogen-bond acceptors (Lipinski definition) is 8. The molecule has 0 heterocycles. The Labute approximate surface area is 193 Å². The second-order valence-corrected chi connectivity index (χ2v) is 8.73. The average Bonchev–Trinajstić information content (AvgIpc) is 2.80. The van der Waals surface area contributed by atoms with Gasteiger partial charge in [0.15, 0.2) is 11.4 Å². The van der Waals surface area contributed by atoms with Gasteiger partial charge in [0.05, 0.1) is 6.61 Å². The maximum Gasteiger partial charge on any atom is 0.305 e. The monoisotopic (exact) mass is 462 g/mol. The summed E-state index contributed by atoms with van der Waals surface area (Å²) >= 11 is 0. The zero-order valence-electron chi connectivity index (χ0n) is 20.0. The van der Waals surface area contributed by atoms with E-state index in [2.05, 4.69) is 13.8 Å². The predicted octanol–water partition coefficient (Wildman–Crippen LogP) is 2.41. The van der Waals surface area contributed by atoms with E-state index >= 15 is 0 Å². The highest BCUT2D eigenvalue weighted by Crippen LogP contribution is 2.21. The fourth-order valence-electron chi connectivity index (χ4n) is 3.52. The summed E-state index contributed by atoms with van der Waals surface area (Å²) in [6, 6.07) is 0. The van der Waals surface area contributed by atoms with Crippen molar-refractivity contribution in [2.75, 3.05) is 13.2 Å². The number of unbranched alkanes of at least 4 members (excludes halogenated alkanes) is 10. The number of aliphatic hydroxyl groups is 5. The van der Waals surface area contributed by atoms with Gasteiger partial charge in [-0.2, -0.15) is 0 Å². The summed E-state index contributed by atoms with van der Waals surface area (Å²) in [6.07, 6.45) is 5.87. The Balaban J connectivity index is 4.42. The van der Waals surface area contributed by atoms with Gasteiger partial charge in [-0.1, -0.05) is 78.1 Å². The van der Waals surface area contributed by atoms with E-state index in [4.69, 9.17) is 4.74 Å². The first-order valence-electron chi connectivity index (χ1n) is 12.3. The third kappa shape index (κ3) is 12.3. The molecule has 0 aromatic heterocycles. The van der Waals surface area contributed by atoms with Gasteiger partial charge in [0.25, 0.3) is 0 Å². The highest BCUT2D eigenvalue weighted by molar-refractivity contribution is 5.88. The second kappa shape index (κ2) is 18.4. The van der Waals surface area contributed by atoms with E-state index in [0.717, 1.165) is 57.8 Å². The van der Waals surface area contributed by atoms with Crippen molar-refractivity contribution in [3.8, 4) is 0 Å². The van der Waals surface area contributed by atoms with Gasteiger partial charge in [0.2, 0.25) is 0 Å². The Morgan fingerprint density at radius 3 is 1.75 bits per heavy atom. The van der Waals surface area contributed by atoms with Crippen LogP contribution >= 0.6 is 0 Å². The lowest BCUT2D eigenvalue weighted by atomic mass is 9.85. The van der Waals surface area contributed by atoms with Crippen LogP contribution in [-0.4, -0.2) is 74.4 Å². The van der Waals surface area contributed by atoms with Crippen molar-refractivity contribution in [3.63, 3.8) is 0 Å². The first kappa shape index (κ1) is 30.9. The normalized spacial score (nSPS) is 16.2. The smallest absolute Gasteiger partial charge is 0.305 e. The number of carbonyl (C=O) groups is 2. The van der Waals surface area contributed by atoms with Crippen molar-refractivity contribution >= 4 is 11.8 Å².